The summed E-state index contributed by atoms with van der Waals surface area (Å²) in [5.74, 6) is 0.538. The number of benzene rings is 1. The van der Waals surface area contributed by atoms with Crippen molar-refractivity contribution in [1.29, 1.82) is 0 Å². The first-order valence-electron chi connectivity index (χ1n) is 7.81. The highest BCUT2D eigenvalue weighted by atomic mass is 32.2. The second kappa shape index (κ2) is 7.27. The Morgan fingerprint density at radius 2 is 1.88 bits per heavy atom. The number of hydrogen-bond acceptors (Lipinski definition) is 4. The lowest BCUT2D eigenvalue weighted by Crippen LogP contribution is -2.43. The number of H-pyrrole nitrogens is 1. The first kappa shape index (κ1) is 18.4. The third kappa shape index (κ3) is 4.52. The fraction of sp³-hybridized carbons (Fsp3) is 0.412. The average molecular weight is 349 g/mol. The van der Waals surface area contributed by atoms with E-state index in [1.54, 1.807) is 24.3 Å². The number of nitrogens with zero attached hydrogens (tertiary/aromatic N) is 1. The fourth-order valence-corrected chi connectivity index (χ4v) is 3.88. The maximum Gasteiger partial charge on any atom is 0.241 e. The van der Waals surface area contributed by atoms with Crippen LogP contribution in [0.1, 0.15) is 37.9 Å². The molecule has 2 aromatic rings. The number of aromatic nitrogens is 2. The summed E-state index contributed by atoms with van der Waals surface area (Å²) in [6.07, 6.45) is 2.46. The van der Waals surface area contributed by atoms with Crippen LogP contribution in [0.3, 0.4) is 0 Å². The van der Waals surface area contributed by atoms with Crippen LogP contribution in [0.2, 0.25) is 0 Å². The van der Waals surface area contributed by atoms with E-state index < -0.39 is 16.1 Å². The van der Waals surface area contributed by atoms with Crippen LogP contribution >= 0.6 is 0 Å². The van der Waals surface area contributed by atoms with Gasteiger partial charge in [-0.2, -0.15) is 0 Å². The number of Topliss-reactive ketones (excluding diaryl/α,β-unsaturated/α-hetero) is 1. The first-order chi connectivity index (χ1) is 11.2. The molecule has 0 aliphatic heterocycles. The third-order valence-corrected chi connectivity index (χ3v) is 5.22. The van der Waals surface area contributed by atoms with Crippen LogP contribution in [0.25, 0.3) is 0 Å². The lowest BCUT2D eigenvalue weighted by Gasteiger charge is -2.19. The molecule has 1 aromatic heterocycles. The average Bonchev–Trinajstić information content (AvgIpc) is 2.90. The highest BCUT2D eigenvalue weighted by Gasteiger charge is 2.25. The van der Waals surface area contributed by atoms with Crippen molar-refractivity contribution in [2.45, 2.75) is 45.1 Å². The van der Waals surface area contributed by atoms with E-state index in [-0.39, 0.29) is 16.6 Å². The Bertz CT molecular complexity index is 808. The van der Waals surface area contributed by atoms with Crippen molar-refractivity contribution in [3.8, 4) is 0 Å². The van der Waals surface area contributed by atoms with Gasteiger partial charge in [0.1, 0.15) is 11.6 Å². The maximum atomic E-state index is 12.4. The van der Waals surface area contributed by atoms with Gasteiger partial charge >= 0.3 is 0 Å². The van der Waals surface area contributed by atoms with Gasteiger partial charge in [0, 0.05) is 12.6 Å². The number of hydrogen-bond donors (Lipinski definition) is 2. The molecule has 0 aliphatic carbocycles. The molecule has 130 valence electrons. The highest BCUT2D eigenvalue weighted by molar-refractivity contribution is 7.89. The monoisotopic (exact) mass is 349 g/mol. The van der Waals surface area contributed by atoms with Crippen LogP contribution in [0, 0.1) is 12.8 Å². The predicted octanol–water partition coefficient (Wildman–Crippen LogP) is 2.20. The van der Waals surface area contributed by atoms with Gasteiger partial charge in [0.25, 0.3) is 0 Å². The number of ketones is 1. The molecule has 0 fully saturated rings. The van der Waals surface area contributed by atoms with Crippen LogP contribution in [-0.4, -0.2) is 30.2 Å². The molecule has 1 atom stereocenters. The number of sulfonamides is 1. The number of aromatic amines is 1. The van der Waals surface area contributed by atoms with Crippen molar-refractivity contribution in [2.24, 2.45) is 5.92 Å². The molecule has 0 saturated carbocycles. The standard InChI is InChI=1S/C17H23N3O3S/c1-11(2)17(12(3)21)20-24(22,23)16-7-5-14(6-8-16)9-15-10-18-13(4)19-15/h5-8,10-11,17,20H,9H2,1-4H3,(H,18,19). The number of nitrogens with one attached hydrogen (secondary N) is 2. The summed E-state index contributed by atoms with van der Waals surface area (Å²) in [5, 5.41) is 0. The van der Waals surface area contributed by atoms with Crippen molar-refractivity contribution in [3.63, 3.8) is 0 Å². The van der Waals surface area contributed by atoms with Crippen molar-refractivity contribution < 1.29 is 13.2 Å². The Morgan fingerprint density at radius 3 is 2.33 bits per heavy atom. The van der Waals surface area contributed by atoms with Crippen LogP contribution < -0.4 is 4.72 Å². The maximum absolute atomic E-state index is 12.4. The van der Waals surface area contributed by atoms with Crippen molar-refractivity contribution in [1.82, 2.24) is 14.7 Å². The molecule has 1 aromatic carbocycles. The number of carbonyl (C=O) groups is 1. The minimum absolute atomic E-state index is 0.112. The topological polar surface area (TPSA) is 91.9 Å². The largest absolute Gasteiger partial charge is 0.349 e. The molecular formula is C17H23N3O3S. The molecule has 7 heteroatoms. The van der Waals surface area contributed by atoms with Crippen LogP contribution in [-0.2, 0) is 21.2 Å². The van der Waals surface area contributed by atoms with E-state index in [0.717, 1.165) is 17.1 Å². The molecule has 0 amide bonds. The van der Waals surface area contributed by atoms with Crippen molar-refractivity contribution >= 4 is 15.8 Å². The van der Waals surface area contributed by atoms with Gasteiger partial charge in [0.15, 0.2) is 0 Å². The zero-order valence-electron chi connectivity index (χ0n) is 14.3. The zero-order chi connectivity index (χ0) is 17.9. The molecule has 1 heterocycles. The normalized spacial score (nSPS) is 13.2. The Labute approximate surface area is 142 Å². The molecule has 6 nitrogen and oxygen atoms in total. The van der Waals surface area contributed by atoms with Gasteiger partial charge in [-0.05, 0) is 37.5 Å². The third-order valence-electron chi connectivity index (χ3n) is 3.76. The summed E-state index contributed by atoms with van der Waals surface area (Å²) in [6.45, 7) is 6.89. The minimum atomic E-state index is -3.73. The van der Waals surface area contributed by atoms with E-state index in [1.165, 1.54) is 6.92 Å². The molecule has 2 N–H and O–H groups in total. The molecule has 0 radical (unpaired) electrons. The number of imidazole rings is 1. The second-order valence-electron chi connectivity index (χ2n) is 6.25. The first-order valence-corrected chi connectivity index (χ1v) is 9.30. The molecule has 0 spiro atoms. The molecule has 1 unspecified atom stereocenters. The van der Waals surface area contributed by atoms with Gasteiger partial charge in [0.2, 0.25) is 10.0 Å². The lowest BCUT2D eigenvalue weighted by atomic mass is 10.0. The highest BCUT2D eigenvalue weighted by Crippen LogP contribution is 2.15. The smallest absolute Gasteiger partial charge is 0.241 e. The Kier molecular flexibility index (Phi) is 5.56. The van der Waals surface area contributed by atoms with E-state index in [1.807, 2.05) is 27.0 Å². The summed E-state index contributed by atoms with van der Waals surface area (Å²) in [6, 6.07) is 5.90. The second-order valence-corrected chi connectivity index (χ2v) is 7.97. The zero-order valence-corrected chi connectivity index (χ0v) is 15.1. The van der Waals surface area contributed by atoms with Gasteiger partial charge in [-0.3, -0.25) is 4.79 Å². The number of rotatable bonds is 7. The molecular weight excluding hydrogens is 326 g/mol. The fourth-order valence-electron chi connectivity index (χ4n) is 2.48. The van der Waals surface area contributed by atoms with E-state index in [2.05, 4.69) is 14.7 Å². The quantitative estimate of drug-likeness (QED) is 0.801. The Hall–Kier alpha value is -1.99. The van der Waals surface area contributed by atoms with E-state index >= 15 is 0 Å². The van der Waals surface area contributed by atoms with E-state index in [9.17, 15) is 13.2 Å². The summed E-state index contributed by atoms with van der Waals surface area (Å²) in [7, 11) is -3.73. The lowest BCUT2D eigenvalue weighted by molar-refractivity contribution is -0.119. The van der Waals surface area contributed by atoms with Crippen LogP contribution in [0.5, 0.6) is 0 Å². The Balaban J connectivity index is 2.15. The summed E-state index contributed by atoms with van der Waals surface area (Å²) >= 11 is 0. The van der Waals surface area contributed by atoms with Gasteiger partial charge in [-0.1, -0.05) is 26.0 Å². The molecule has 0 aliphatic rings. The number of aryl methyl sites for hydroxylation is 1. The van der Waals surface area contributed by atoms with Crippen molar-refractivity contribution in [2.75, 3.05) is 0 Å². The summed E-state index contributed by atoms with van der Waals surface area (Å²) < 4.78 is 27.4. The molecule has 0 bridgehead atoms. The molecule has 0 saturated heterocycles. The van der Waals surface area contributed by atoms with E-state index in [0.29, 0.717) is 6.42 Å². The van der Waals surface area contributed by atoms with Gasteiger partial charge in [0.05, 0.1) is 16.6 Å². The Morgan fingerprint density at radius 1 is 1.25 bits per heavy atom. The van der Waals surface area contributed by atoms with Crippen LogP contribution in [0.15, 0.2) is 35.4 Å². The minimum Gasteiger partial charge on any atom is -0.349 e. The van der Waals surface area contributed by atoms with Gasteiger partial charge in [-0.15, -0.1) is 0 Å². The predicted molar refractivity (Wildman–Crippen MR) is 92.2 cm³/mol. The van der Waals surface area contributed by atoms with Crippen molar-refractivity contribution in [3.05, 3.63) is 47.5 Å². The summed E-state index contributed by atoms with van der Waals surface area (Å²) in [5.41, 5.74) is 1.87. The molecule has 24 heavy (non-hydrogen) atoms. The van der Waals surface area contributed by atoms with E-state index in [4.69, 9.17) is 0 Å². The van der Waals surface area contributed by atoms with Gasteiger partial charge in [-0.25, -0.2) is 18.1 Å². The number of carbonyl (C=O) groups excluding carboxylic acids is 1. The summed E-state index contributed by atoms with van der Waals surface area (Å²) in [4.78, 5) is 19.1. The molecule has 2 rings (SSSR count). The van der Waals surface area contributed by atoms with Gasteiger partial charge < -0.3 is 4.98 Å². The SMILES string of the molecule is CC(=O)C(NS(=O)(=O)c1ccc(Cc2c[nH]c(C)n2)cc1)C(C)C. The van der Waals surface area contributed by atoms with Crippen LogP contribution in [0.4, 0.5) is 0 Å².